The minimum atomic E-state index is -0.188. The summed E-state index contributed by atoms with van der Waals surface area (Å²) in [4.78, 5) is 28.4. The molecule has 0 aliphatic carbocycles. The number of carbonyl (C=O) groups excluding carboxylic acids is 2. The first kappa shape index (κ1) is 21.3. The maximum Gasteiger partial charge on any atom is 0.234 e. The van der Waals surface area contributed by atoms with E-state index in [4.69, 9.17) is 0 Å². The Kier molecular flexibility index (Phi) is 6.62. The SMILES string of the molecule is CC(=O)Nc1cccc(NC(=O)CSc2nc(-c3ccccc3)n(-c3ccccc3)n2)c1. The standard InChI is InChI=1S/C24H21N5O2S/c1-17(30)25-19-11-8-12-20(15-19)26-22(31)16-32-24-27-23(18-9-4-2-5-10-18)29(28-24)21-13-6-3-7-14-21/h2-15H,16H2,1H3,(H,25,30)(H,26,31). The molecule has 160 valence electrons. The second-order valence-corrected chi connectivity index (χ2v) is 7.87. The third-order valence-electron chi connectivity index (χ3n) is 4.42. The Bertz CT molecular complexity index is 1170. The zero-order chi connectivity index (χ0) is 22.3. The van der Waals surface area contributed by atoms with E-state index >= 15 is 0 Å². The second-order valence-electron chi connectivity index (χ2n) is 6.93. The van der Waals surface area contributed by atoms with Crippen molar-refractivity contribution in [3.8, 4) is 17.1 Å². The van der Waals surface area contributed by atoms with Crippen molar-refractivity contribution in [1.82, 2.24) is 14.8 Å². The molecule has 0 aliphatic rings. The van der Waals surface area contributed by atoms with Gasteiger partial charge in [-0.05, 0) is 30.3 Å². The first-order valence-corrected chi connectivity index (χ1v) is 11.0. The average Bonchev–Trinajstić information content (AvgIpc) is 3.23. The number of hydrogen-bond acceptors (Lipinski definition) is 5. The Labute approximate surface area is 189 Å². The molecule has 2 N–H and O–H groups in total. The van der Waals surface area contributed by atoms with Crippen LogP contribution in [0.2, 0.25) is 0 Å². The molecule has 0 saturated heterocycles. The molecule has 0 saturated carbocycles. The van der Waals surface area contributed by atoms with Crippen LogP contribution in [0.1, 0.15) is 6.92 Å². The number of nitrogens with zero attached hydrogens (tertiary/aromatic N) is 3. The first-order chi connectivity index (χ1) is 15.6. The predicted molar refractivity (Wildman–Crippen MR) is 127 cm³/mol. The van der Waals surface area contributed by atoms with Crippen LogP contribution in [0.25, 0.3) is 17.1 Å². The van der Waals surface area contributed by atoms with Gasteiger partial charge in [0.1, 0.15) is 0 Å². The van der Waals surface area contributed by atoms with Crippen molar-refractivity contribution in [2.45, 2.75) is 12.1 Å². The fourth-order valence-corrected chi connectivity index (χ4v) is 3.71. The van der Waals surface area contributed by atoms with Gasteiger partial charge in [-0.3, -0.25) is 9.59 Å². The zero-order valence-corrected chi connectivity index (χ0v) is 18.2. The van der Waals surface area contributed by atoms with Gasteiger partial charge in [-0.1, -0.05) is 66.4 Å². The second kappa shape index (κ2) is 9.93. The van der Waals surface area contributed by atoms with Crippen LogP contribution in [0.3, 0.4) is 0 Å². The van der Waals surface area contributed by atoms with Gasteiger partial charge in [-0.15, -0.1) is 5.10 Å². The fourth-order valence-electron chi connectivity index (χ4n) is 3.08. The van der Waals surface area contributed by atoms with E-state index in [1.807, 2.05) is 60.7 Å². The minimum Gasteiger partial charge on any atom is -0.326 e. The Balaban J connectivity index is 1.48. The molecule has 2 amide bonds. The molecule has 0 atom stereocenters. The monoisotopic (exact) mass is 443 g/mol. The van der Waals surface area contributed by atoms with E-state index in [-0.39, 0.29) is 17.6 Å². The molecule has 1 aromatic heterocycles. The van der Waals surface area contributed by atoms with Crippen LogP contribution in [0.4, 0.5) is 11.4 Å². The number of hydrogen-bond donors (Lipinski definition) is 2. The molecule has 4 rings (SSSR count). The van der Waals surface area contributed by atoms with Crippen LogP contribution in [0, 0.1) is 0 Å². The maximum absolute atomic E-state index is 12.5. The number of para-hydroxylation sites is 1. The van der Waals surface area contributed by atoms with E-state index in [1.165, 1.54) is 18.7 Å². The predicted octanol–water partition coefficient (Wildman–Crippen LogP) is 4.62. The molecular weight excluding hydrogens is 422 g/mol. The molecule has 0 unspecified atom stereocenters. The lowest BCUT2D eigenvalue weighted by Gasteiger charge is -2.07. The minimum absolute atomic E-state index is 0.150. The van der Waals surface area contributed by atoms with Crippen molar-refractivity contribution < 1.29 is 9.59 Å². The molecule has 0 spiro atoms. The normalized spacial score (nSPS) is 10.5. The van der Waals surface area contributed by atoms with Crippen molar-refractivity contribution in [3.63, 3.8) is 0 Å². The maximum atomic E-state index is 12.5. The molecule has 0 radical (unpaired) electrons. The summed E-state index contributed by atoms with van der Waals surface area (Å²) >= 11 is 1.26. The number of rotatable bonds is 7. The van der Waals surface area contributed by atoms with Gasteiger partial charge in [0.05, 0.1) is 11.4 Å². The molecular formula is C24H21N5O2S. The molecule has 0 aliphatic heterocycles. The highest BCUT2D eigenvalue weighted by Gasteiger charge is 2.15. The Hall–Kier alpha value is -3.91. The van der Waals surface area contributed by atoms with Crippen molar-refractivity contribution in [2.24, 2.45) is 0 Å². The van der Waals surface area contributed by atoms with E-state index in [9.17, 15) is 9.59 Å². The molecule has 8 heteroatoms. The lowest BCUT2D eigenvalue weighted by molar-refractivity contribution is -0.114. The van der Waals surface area contributed by atoms with Crippen molar-refractivity contribution >= 4 is 35.0 Å². The van der Waals surface area contributed by atoms with Gasteiger partial charge < -0.3 is 10.6 Å². The lowest BCUT2D eigenvalue weighted by atomic mass is 10.2. The molecule has 1 heterocycles. The van der Waals surface area contributed by atoms with E-state index in [2.05, 4.69) is 20.7 Å². The van der Waals surface area contributed by atoms with Gasteiger partial charge in [-0.2, -0.15) is 0 Å². The molecule has 3 aromatic carbocycles. The summed E-state index contributed by atoms with van der Waals surface area (Å²) in [7, 11) is 0. The number of anilines is 2. The zero-order valence-electron chi connectivity index (χ0n) is 17.4. The Morgan fingerprint density at radius 3 is 2.22 bits per heavy atom. The molecule has 0 bridgehead atoms. The van der Waals surface area contributed by atoms with Crippen LogP contribution in [0.5, 0.6) is 0 Å². The number of aromatic nitrogens is 3. The molecule has 7 nitrogen and oxygen atoms in total. The highest BCUT2D eigenvalue weighted by Crippen LogP contribution is 2.25. The summed E-state index contributed by atoms with van der Waals surface area (Å²) in [6.07, 6.45) is 0. The van der Waals surface area contributed by atoms with Gasteiger partial charge in [0, 0.05) is 23.9 Å². The summed E-state index contributed by atoms with van der Waals surface area (Å²) < 4.78 is 1.78. The summed E-state index contributed by atoms with van der Waals surface area (Å²) in [5.74, 6) is 0.505. The summed E-state index contributed by atoms with van der Waals surface area (Å²) in [6.45, 7) is 1.44. The smallest absolute Gasteiger partial charge is 0.234 e. The highest BCUT2D eigenvalue weighted by atomic mass is 32.2. The van der Waals surface area contributed by atoms with E-state index < -0.39 is 0 Å². The fraction of sp³-hybridized carbons (Fsp3) is 0.0833. The topological polar surface area (TPSA) is 88.9 Å². The van der Waals surface area contributed by atoms with Crippen LogP contribution in [-0.4, -0.2) is 32.3 Å². The number of thioether (sulfide) groups is 1. The van der Waals surface area contributed by atoms with Crippen molar-refractivity contribution in [3.05, 3.63) is 84.9 Å². The van der Waals surface area contributed by atoms with Gasteiger partial charge >= 0.3 is 0 Å². The summed E-state index contributed by atoms with van der Waals surface area (Å²) in [5.41, 5.74) is 3.06. The van der Waals surface area contributed by atoms with Crippen LogP contribution < -0.4 is 10.6 Å². The number of nitrogens with one attached hydrogen (secondary N) is 2. The highest BCUT2D eigenvalue weighted by molar-refractivity contribution is 7.99. The van der Waals surface area contributed by atoms with Gasteiger partial charge in [-0.25, -0.2) is 9.67 Å². The largest absolute Gasteiger partial charge is 0.326 e. The first-order valence-electron chi connectivity index (χ1n) is 9.97. The van der Waals surface area contributed by atoms with E-state index in [1.54, 1.807) is 28.9 Å². The van der Waals surface area contributed by atoms with E-state index in [0.717, 1.165) is 11.3 Å². The van der Waals surface area contributed by atoms with Crippen LogP contribution in [0.15, 0.2) is 90.1 Å². The van der Waals surface area contributed by atoms with Gasteiger partial charge in [0.2, 0.25) is 17.0 Å². The number of amides is 2. The van der Waals surface area contributed by atoms with Crippen LogP contribution in [-0.2, 0) is 9.59 Å². The molecule has 4 aromatic rings. The Morgan fingerprint density at radius 1 is 0.875 bits per heavy atom. The number of carbonyl (C=O) groups is 2. The average molecular weight is 444 g/mol. The third kappa shape index (κ3) is 5.41. The molecule has 0 fully saturated rings. The van der Waals surface area contributed by atoms with Crippen molar-refractivity contribution in [2.75, 3.05) is 16.4 Å². The van der Waals surface area contributed by atoms with Crippen molar-refractivity contribution in [1.29, 1.82) is 0 Å². The number of benzene rings is 3. The van der Waals surface area contributed by atoms with Crippen LogP contribution >= 0.6 is 11.8 Å². The van der Waals surface area contributed by atoms with Gasteiger partial charge in [0.15, 0.2) is 5.82 Å². The Morgan fingerprint density at radius 2 is 1.53 bits per heavy atom. The van der Waals surface area contributed by atoms with E-state index in [0.29, 0.717) is 22.4 Å². The van der Waals surface area contributed by atoms with Gasteiger partial charge in [0.25, 0.3) is 0 Å². The lowest BCUT2D eigenvalue weighted by Crippen LogP contribution is -2.14. The quantitative estimate of drug-likeness (QED) is 0.407. The third-order valence-corrected chi connectivity index (χ3v) is 5.26. The molecule has 32 heavy (non-hydrogen) atoms. The summed E-state index contributed by atoms with van der Waals surface area (Å²) in [5, 5.41) is 10.7. The summed E-state index contributed by atoms with van der Waals surface area (Å²) in [6, 6.07) is 26.6.